The van der Waals surface area contributed by atoms with Crippen molar-refractivity contribution in [2.45, 2.75) is 43.8 Å². The number of hydrogen-bond acceptors (Lipinski definition) is 4. The molecular formula is C24H26F6N2O3. The second kappa shape index (κ2) is 10.4. The molecule has 0 radical (unpaired) electrons. The van der Waals surface area contributed by atoms with Crippen LogP contribution in [-0.4, -0.2) is 25.9 Å². The Kier molecular flexibility index (Phi) is 8.00. The molecule has 1 fully saturated rings. The van der Waals surface area contributed by atoms with Crippen molar-refractivity contribution in [3.05, 3.63) is 70.8 Å². The molecule has 0 bridgehead atoms. The molecule has 0 aromatic heterocycles. The number of primary amides is 1. The van der Waals surface area contributed by atoms with Gasteiger partial charge in [-0.1, -0.05) is 30.3 Å². The molecule has 11 heteroatoms. The Morgan fingerprint density at radius 2 is 1.69 bits per heavy atom. The highest BCUT2D eigenvalue weighted by Gasteiger charge is 2.39. The lowest BCUT2D eigenvalue weighted by molar-refractivity contribution is -0.143. The SMILES string of the molecule is C[C@@H](OC[C@@]1(c2ccccc2)CC[C@H](COC(N)=O)CN1)c1cc(C(F)(F)F)cc(C(F)(F)F)c1. The normalized spacial score (nSPS) is 22.0. The number of piperidine rings is 1. The van der Waals surface area contributed by atoms with E-state index in [4.69, 9.17) is 15.2 Å². The van der Waals surface area contributed by atoms with E-state index in [-0.39, 0.29) is 30.8 Å². The summed E-state index contributed by atoms with van der Waals surface area (Å²) in [6.45, 7) is 2.00. The molecular weight excluding hydrogens is 478 g/mol. The fourth-order valence-electron chi connectivity index (χ4n) is 4.11. The highest BCUT2D eigenvalue weighted by molar-refractivity contribution is 5.64. The first-order chi connectivity index (χ1) is 16.3. The third-order valence-electron chi connectivity index (χ3n) is 6.16. The zero-order valence-electron chi connectivity index (χ0n) is 18.9. The monoisotopic (exact) mass is 504 g/mol. The third-order valence-corrected chi connectivity index (χ3v) is 6.16. The Balaban J connectivity index is 1.81. The van der Waals surface area contributed by atoms with Gasteiger partial charge >= 0.3 is 18.4 Å². The minimum Gasteiger partial charge on any atom is -0.449 e. The number of amides is 1. The van der Waals surface area contributed by atoms with Gasteiger partial charge in [0, 0.05) is 12.5 Å². The molecule has 0 aliphatic carbocycles. The summed E-state index contributed by atoms with van der Waals surface area (Å²) < 4.78 is 90.3. The van der Waals surface area contributed by atoms with Crippen molar-refractivity contribution >= 4 is 6.09 Å². The molecule has 0 spiro atoms. The molecule has 0 unspecified atom stereocenters. The number of rotatable bonds is 7. The molecule has 192 valence electrons. The minimum absolute atomic E-state index is 0.000820. The predicted molar refractivity (Wildman–Crippen MR) is 115 cm³/mol. The Bertz CT molecular complexity index is 970. The van der Waals surface area contributed by atoms with E-state index >= 15 is 0 Å². The Hall–Kier alpha value is -2.79. The molecule has 2 aromatic rings. The summed E-state index contributed by atoms with van der Waals surface area (Å²) in [5.74, 6) is -0.00503. The number of carbonyl (C=O) groups is 1. The summed E-state index contributed by atoms with van der Waals surface area (Å²) in [6, 6.07) is 10.7. The molecule has 1 saturated heterocycles. The van der Waals surface area contributed by atoms with Crippen molar-refractivity contribution in [2.75, 3.05) is 19.8 Å². The van der Waals surface area contributed by atoms with Gasteiger partial charge in [0.25, 0.3) is 0 Å². The van der Waals surface area contributed by atoms with Crippen LogP contribution in [0.25, 0.3) is 0 Å². The Morgan fingerprint density at radius 3 is 2.17 bits per heavy atom. The molecule has 1 aliphatic heterocycles. The van der Waals surface area contributed by atoms with Crippen LogP contribution in [0.1, 0.15) is 48.1 Å². The number of halogens is 6. The van der Waals surface area contributed by atoms with Gasteiger partial charge in [-0.3, -0.25) is 0 Å². The molecule has 2 aromatic carbocycles. The zero-order valence-corrected chi connectivity index (χ0v) is 18.9. The van der Waals surface area contributed by atoms with Gasteiger partial charge in [-0.15, -0.1) is 0 Å². The van der Waals surface area contributed by atoms with Crippen LogP contribution in [0.15, 0.2) is 48.5 Å². The lowest BCUT2D eigenvalue weighted by atomic mass is 9.80. The first-order valence-corrected chi connectivity index (χ1v) is 10.9. The molecule has 1 amide bonds. The number of hydrogen-bond donors (Lipinski definition) is 2. The van der Waals surface area contributed by atoms with Gasteiger partial charge < -0.3 is 20.5 Å². The van der Waals surface area contributed by atoms with E-state index < -0.39 is 41.2 Å². The van der Waals surface area contributed by atoms with Crippen LogP contribution in [0, 0.1) is 5.92 Å². The maximum Gasteiger partial charge on any atom is 0.416 e. The van der Waals surface area contributed by atoms with E-state index in [9.17, 15) is 31.1 Å². The van der Waals surface area contributed by atoms with Gasteiger partial charge in [-0.25, -0.2) is 4.79 Å². The average Bonchev–Trinajstić information content (AvgIpc) is 2.81. The number of nitrogens with one attached hydrogen (secondary N) is 1. The third kappa shape index (κ3) is 6.88. The number of benzene rings is 2. The second-order valence-corrected chi connectivity index (χ2v) is 8.66. The van der Waals surface area contributed by atoms with Crippen LogP contribution in [-0.2, 0) is 27.4 Å². The van der Waals surface area contributed by atoms with Gasteiger partial charge in [0.2, 0.25) is 0 Å². The van der Waals surface area contributed by atoms with Crippen molar-refractivity contribution in [3.8, 4) is 0 Å². The standard InChI is InChI=1S/C24H26F6N2O3/c1-15(17-9-19(23(25,26)27)11-20(10-17)24(28,29)30)35-14-22(18-5-3-2-4-6-18)8-7-16(12-32-22)13-34-21(31)33/h2-6,9-11,15-16,32H,7-8,12-14H2,1H3,(H2,31,33)/t15-,16+,22-/m1/s1. The van der Waals surface area contributed by atoms with E-state index in [1.54, 1.807) is 0 Å². The van der Waals surface area contributed by atoms with Crippen molar-refractivity contribution in [3.63, 3.8) is 0 Å². The summed E-state index contributed by atoms with van der Waals surface area (Å²) in [4.78, 5) is 10.9. The maximum absolute atomic E-state index is 13.3. The lowest BCUT2D eigenvalue weighted by Crippen LogP contribution is -2.52. The predicted octanol–water partition coefficient (Wildman–Crippen LogP) is 5.79. The van der Waals surface area contributed by atoms with E-state index in [1.165, 1.54) is 6.92 Å². The Labute approximate surface area is 198 Å². The number of carbonyl (C=O) groups excluding carboxylic acids is 1. The fourth-order valence-corrected chi connectivity index (χ4v) is 4.11. The molecule has 1 aliphatic rings. The van der Waals surface area contributed by atoms with E-state index in [0.717, 1.165) is 5.56 Å². The smallest absolute Gasteiger partial charge is 0.416 e. The second-order valence-electron chi connectivity index (χ2n) is 8.66. The summed E-state index contributed by atoms with van der Waals surface area (Å²) in [6.07, 6.45) is -10.6. The summed E-state index contributed by atoms with van der Waals surface area (Å²) in [5, 5.41) is 3.38. The van der Waals surface area contributed by atoms with E-state index in [1.807, 2.05) is 30.3 Å². The van der Waals surface area contributed by atoms with Crippen LogP contribution in [0.3, 0.4) is 0 Å². The first kappa shape index (κ1) is 26.8. The number of nitrogens with two attached hydrogens (primary N) is 1. The average molecular weight is 504 g/mol. The van der Waals surface area contributed by atoms with Crippen molar-refractivity contribution < 1.29 is 40.6 Å². The van der Waals surface area contributed by atoms with Gasteiger partial charge in [0.1, 0.15) is 0 Å². The highest BCUT2D eigenvalue weighted by atomic mass is 19.4. The van der Waals surface area contributed by atoms with Crippen LogP contribution in [0.5, 0.6) is 0 Å². The van der Waals surface area contributed by atoms with Crippen molar-refractivity contribution in [2.24, 2.45) is 11.7 Å². The Morgan fingerprint density at radius 1 is 1.09 bits per heavy atom. The highest BCUT2D eigenvalue weighted by Crippen LogP contribution is 2.39. The molecule has 5 nitrogen and oxygen atoms in total. The summed E-state index contributed by atoms with van der Waals surface area (Å²) in [5.41, 5.74) is 2.16. The minimum atomic E-state index is -4.94. The molecule has 3 rings (SSSR count). The molecule has 0 saturated carbocycles. The zero-order chi connectivity index (χ0) is 25.9. The molecule has 3 N–H and O–H groups in total. The van der Waals surface area contributed by atoms with Crippen molar-refractivity contribution in [1.29, 1.82) is 0 Å². The van der Waals surface area contributed by atoms with Gasteiger partial charge in [0.15, 0.2) is 0 Å². The molecule has 3 atom stereocenters. The van der Waals surface area contributed by atoms with E-state index in [2.05, 4.69) is 5.32 Å². The van der Waals surface area contributed by atoms with Crippen LogP contribution < -0.4 is 11.1 Å². The van der Waals surface area contributed by atoms with Crippen LogP contribution in [0.2, 0.25) is 0 Å². The van der Waals surface area contributed by atoms with Gasteiger partial charge in [-0.2, -0.15) is 26.3 Å². The number of ether oxygens (including phenoxy) is 2. The summed E-state index contributed by atoms with van der Waals surface area (Å²) in [7, 11) is 0. The quantitative estimate of drug-likeness (QED) is 0.468. The van der Waals surface area contributed by atoms with Gasteiger partial charge in [-0.05, 0) is 49.1 Å². The molecule has 35 heavy (non-hydrogen) atoms. The van der Waals surface area contributed by atoms with Crippen LogP contribution >= 0.6 is 0 Å². The number of alkyl halides is 6. The van der Waals surface area contributed by atoms with E-state index in [0.29, 0.717) is 31.5 Å². The van der Waals surface area contributed by atoms with Crippen molar-refractivity contribution in [1.82, 2.24) is 5.32 Å². The largest absolute Gasteiger partial charge is 0.449 e. The molecule has 1 heterocycles. The van der Waals surface area contributed by atoms with Gasteiger partial charge in [0.05, 0.1) is 36.0 Å². The first-order valence-electron chi connectivity index (χ1n) is 10.9. The summed E-state index contributed by atoms with van der Waals surface area (Å²) >= 11 is 0. The maximum atomic E-state index is 13.3. The van der Waals surface area contributed by atoms with Crippen LogP contribution in [0.4, 0.5) is 31.1 Å². The lowest BCUT2D eigenvalue weighted by Gasteiger charge is -2.42. The fraction of sp³-hybridized carbons (Fsp3) is 0.458. The topological polar surface area (TPSA) is 73.6 Å².